The van der Waals surface area contributed by atoms with Crippen molar-refractivity contribution in [3.63, 3.8) is 0 Å². The van der Waals surface area contributed by atoms with Gasteiger partial charge in [-0.15, -0.1) is 0 Å². The van der Waals surface area contributed by atoms with Crippen LogP contribution >= 0.6 is 11.6 Å². The van der Waals surface area contributed by atoms with Gasteiger partial charge in [-0.3, -0.25) is 9.59 Å². The fourth-order valence-corrected chi connectivity index (χ4v) is 2.97. The van der Waals surface area contributed by atoms with E-state index < -0.39 is 5.97 Å². The third-order valence-electron chi connectivity index (χ3n) is 4.30. The lowest BCUT2D eigenvalue weighted by molar-refractivity contribution is -0.144. The molecule has 0 aliphatic rings. The second-order valence-electron chi connectivity index (χ2n) is 6.42. The first-order valence-corrected chi connectivity index (χ1v) is 9.52. The quantitative estimate of drug-likeness (QED) is 0.451. The second kappa shape index (κ2) is 9.89. The van der Waals surface area contributed by atoms with Gasteiger partial charge in [0.05, 0.1) is 25.5 Å². The molecule has 0 saturated carbocycles. The Hall–Kier alpha value is -3.12. The highest BCUT2D eigenvalue weighted by molar-refractivity contribution is 6.30. The summed E-state index contributed by atoms with van der Waals surface area (Å²) in [5.74, 6) is 0.131. The molecule has 0 aliphatic carbocycles. The van der Waals surface area contributed by atoms with E-state index in [-0.39, 0.29) is 37.1 Å². The van der Waals surface area contributed by atoms with Crippen LogP contribution in [0.1, 0.15) is 17.5 Å². The summed E-state index contributed by atoms with van der Waals surface area (Å²) in [5, 5.41) is 3.86. The van der Waals surface area contributed by atoms with Crippen molar-refractivity contribution in [2.75, 3.05) is 13.7 Å². The predicted octanol–water partition coefficient (Wildman–Crippen LogP) is 3.69. The Labute approximate surface area is 173 Å². The predicted molar refractivity (Wildman–Crippen MR) is 111 cm³/mol. The molecule has 1 amide bonds. The van der Waals surface area contributed by atoms with E-state index >= 15 is 0 Å². The van der Waals surface area contributed by atoms with Gasteiger partial charge in [0.1, 0.15) is 17.5 Å². The molecule has 3 rings (SSSR count). The van der Waals surface area contributed by atoms with Gasteiger partial charge >= 0.3 is 5.97 Å². The highest BCUT2D eigenvalue weighted by Gasteiger charge is 2.10. The summed E-state index contributed by atoms with van der Waals surface area (Å²) in [6, 6.07) is 16.7. The van der Waals surface area contributed by atoms with E-state index in [2.05, 4.69) is 10.3 Å². The molecule has 29 heavy (non-hydrogen) atoms. The number of nitrogens with one attached hydrogen (secondary N) is 1. The molecule has 0 radical (unpaired) electrons. The number of carbonyl (C=O) groups excluding carboxylic acids is 2. The maximum Gasteiger partial charge on any atom is 0.307 e. The minimum Gasteiger partial charge on any atom is -0.497 e. The molecule has 0 saturated heterocycles. The van der Waals surface area contributed by atoms with Gasteiger partial charge in [0.2, 0.25) is 5.91 Å². The van der Waals surface area contributed by atoms with E-state index in [1.165, 1.54) is 0 Å². The zero-order chi connectivity index (χ0) is 20.6. The van der Waals surface area contributed by atoms with Gasteiger partial charge < -0.3 is 14.8 Å². The van der Waals surface area contributed by atoms with Gasteiger partial charge in [-0.1, -0.05) is 41.9 Å². The molecule has 3 aromatic rings. The highest BCUT2D eigenvalue weighted by atomic mass is 35.5. The van der Waals surface area contributed by atoms with Gasteiger partial charge in [0.15, 0.2) is 0 Å². The molecule has 7 heteroatoms. The Bertz CT molecular complexity index is 1010. The Morgan fingerprint density at radius 2 is 1.90 bits per heavy atom. The van der Waals surface area contributed by atoms with Crippen LogP contribution in [0.2, 0.25) is 5.15 Å². The fraction of sp³-hybridized carbons (Fsp3) is 0.227. The Balaban J connectivity index is 1.46. The number of nitrogens with zero attached hydrogens (tertiary/aromatic N) is 1. The summed E-state index contributed by atoms with van der Waals surface area (Å²) in [6.07, 6.45) is 0.357. The van der Waals surface area contributed by atoms with Crippen LogP contribution in [0.15, 0.2) is 54.6 Å². The number of ether oxygens (including phenoxy) is 2. The lowest BCUT2D eigenvalue weighted by Crippen LogP contribution is -2.27. The Morgan fingerprint density at radius 3 is 2.66 bits per heavy atom. The molecule has 2 aromatic carbocycles. The van der Waals surface area contributed by atoms with Crippen LogP contribution in [0, 0.1) is 0 Å². The highest BCUT2D eigenvalue weighted by Crippen LogP contribution is 2.24. The van der Waals surface area contributed by atoms with E-state index in [1.807, 2.05) is 48.5 Å². The van der Waals surface area contributed by atoms with Crippen LogP contribution in [-0.2, 0) is 27.4 Å². The summed E-state index contributed by atoms with van der Waals surface area (Å²) in [5.41, 5.74) is 2.24. The number of fused-ring (bicyclic) bond motifs is 1. The second-order valence-corrected chi connectivity index (χ2v) is 6.78. The van der Waals surface area contributed by atoms with Crippen molar-refractivity contribution in [2.24, 2.45) is 0 Å². The van der Waals surface area contributed by atoms with Crippen LogP contribution < -0.4 is 10.1 Å². The number of aromatic nitrogens is 1. The maximum atomic E-state index is 12.0. The van der Waals surface area contributed by atoms with Gasteiger partial charge in [-0.2, -0.15) is 0 Å². The topological polar surface area (TPSA) is 77.5 Å². The summed E-state index contributed by atoms with van der Waals surface area (Å²) < 4.78 is 10.4. The molecule has 1 N–H and O–H groups in total. The number of rotatable bonds is 8. The number of benzene rings is 2. The van der Waals surface area contributed by atoms with Crippen LogP contribution in [-0.4, -0.2) is 30.5 Å². The molecule has 0 aliphatic heterocycles. The lowest BCUT2D eigenvalue weighted by Gasteiger charge is -2.09. The van der Waals surface area contributed by atoms with Crippen molar-refractivity contribution in [2.45, 2.75) is 19.4 Å². The Morgan fingerprint density at radius 1 is 1.10 bits per heavy atom. The number of hydrogen-bond donors (Lipinski definition) is 1. The summed E-state index contributed by atoms with van der Waals surface area (Å²) in [6.45, 7) is 0.235. The first-order chi connectivity index (χ1) is 14.0. The van der Waals surface area contributed by atoms with Crippen molar-refractivity contribution in [3.8, 4) is 5.75 Å². The molecule has 0 fully saturated rings. The van der Waals surface area contributed by atoms with Crippen molar-refractivity contribution in [3.05, 3.63) is 70.9 Å². The van der Waals surface area contributed by atoms with Crippen LogP contribution in [0.25, 0.3) is 10.9 Å². The molecule has 1 aromatic heterocycles. The third-order valence-corrected chi connectivity index (χ3v) is 4.63. The maximum absolute atomic E-state index is 12.0. The van der Waals surface area contributed by atoms with Gasteiger partial charge in [-0.25, -0.2) is 4.98 Å². The molecule has 150 valence electrons. The van der Waals surface area contributed by atoms with Crippen molar-refractivity contribution < 1.29 is 19.1 Å². The molecule has 0 unspecified atom stereocenters. The zero-order valence-corrected chi connectivity index (χ0v) is 16.7. The van der Waals surface area contributed by atoms with Gasteiger partial charge in [0.25, 0.3) is 0 Å². The number of esters is 1. The van der Waals surface area contributed by atoms with Crippen LogP contribution in [0.4, 0.5) is 0 Å². The number of carbonyl (C=O) groups is 2. The number of pyridine rings is 1. The minimum atomic E-state index is -0.420. The lowest BCUT2D eigenvalue weighted by atomic mass is 10.1. The van der Waals surface area contributed by atoms with Crippen LogP contribution in [0.5, 0.6) is 5.75 Å². The Kier molecular flexibility index (Phi) is 7.03. The average Bonchev–Trinajstić information content (AvgIpc) is 2.72. The van der Waals surface area contributed by atoms with E-state index in [0.717, 1.165) is 10.9 Å². The van der Waals surface area contributed by atoms with Crippen molar-refractivity contribution in [1.29, 1.82) is 0 Å². The standard InChI is InChI=1S/C22H21ClN2O4/c1-28-18-8-7-16-12-17(22(23)25-19(16)13-18)14-29-21(27)9-10-24-20(26)11-15-5-3-2-4-6-15/h2-8,12-13H,9-11,14H2,1H3,(H,24,26). The number of methoxy groups -OCH3 is 1. The average molecular weight is 413 g/mol. The van der Waals surface area contributed by atoms with E-state index in [1.54, 1.807) is 13.2 Å². The number of hydrogen-bond acceptors (Lipinski definition) is 5. The molecule has 0 spiro atoms. The van der Waals surface area contributed by atoms with Gasteiger partial charge in [-0.05, 0) is 23.8 Å². The summed E-state index contributed by atoms with van der Waals surface area (Å²) in [7, 11) is 1.58. The molecule has 6 nitrogen and oxygen atoms in total. The minimum absolute atomic E-state index is 0.0185. The first-order valence-electron chi connectivity index (χ1n) is 9.14. The number of amides is 1. The van der Waals surface area contributed by atoms with Gasteiger partial charge in [0, 0.05) is 23.6 Å². The largest absolute Gasteiger partial charge is 0.497 e. The normalized spacial score (nSPS) is 10.6. The zero-order valence-electron chi connectivity index (χ0n) is 16.0. The molecule has 0 bridgehead atoms. The number of halogens is 1. The smallest absolute Gasteiger partial charge is 0.307 e. The van der Waals surface area contributed by atoms with E-state index in [0.29, 0.717) is 16.8 Å². The van der Waals surface area contributed by atoms with Crippen molar-refractivity contribution in [1.82, 2.24) is 10.3 Å². The SMILES string of the molecule is COc1ccc2cc(COC(=O)CCNC(=O)Cc3ccccc3)c(Cl)nc2c1. The first kappa shape index (κ1) is 20.6. The fourth-order valence-electron chi connectivity index (χ4n) is 2.77. The van der Waals surface area contributed by atoms with E-state index in [9.17, 15) is 9.59 Å². The molecule has 0 atom stereocenters. The monoisotopic (exact) mass is 412 g/mol. The molecule has 1 heterocycles. The van der Waals surface area contributed by atoms with Crippen molar-refractivity contribution >= 4 is 34.4 Å². The summed E-state index contributed by atoms with van der Waals surface area (Å²) >= 11 is 6.20. The summed E-state index contributed by atoms with van der Waals surface area (Å²) in [4.78, 5) is 28.2. The molecular formula is C22H21ClN2O4. The van der Waals surface area contributed by atoms with E-state index in [4.69, 9.17) is 21.1 Å². The van der Waals surface area contributed by atoms with Crippen LogP contribution in [0.3, 0.4) is 0 Å². The third kappa shape index (κ3) is 5.93. The molecular weight excluding hydrogens is 392 g/mol.